The minimum atomic E-state index is -0.413. The highest BCUT2D eigenvalue weighted by molar-refractivity contribution is 8.00. The molecule has 1 amide bonds. The fraction of sp³-hybridized carbons (Fsp3) is 0.227. The molecule has 2 heterocycles. The van der Waals surface area contributed by atoms with Gasteiger partial charge in [0.05, 0.1) is 17.9 Å². The first-order chi connectivity index (χ1) is 15.1. The molecule has 2 aromatic carbocycles. The van der Waals surface area contributed by atoms with Gasteiger partial charge >= 0.3 is 0 Å². The normalized spacial score (nSPS) is 13.0. The summed E-state index contributed by atoms with van der Waals surface area (Å²) in [5.74, 6) is 2.48. The Labute approximate surface area is 184 Å². The number of methoxy groups -OCH3 is 1. The van der Waals surface area contributed by atoms with Crippen molar-refractivity contribution in [1.82, 2.24) is 14.8 Å². The van der Waals surface area contributed by atoms with Crippen LogP contribution in [0, 0.1) is 0 Å². The average Bonchev–Trinajstić information content (AvgIpc) is 3.40. The number of amides is 1. The fourth-order valence-corrected chi connectivity index (χ4v) is 3.99. The first kappa shape index (κ1) is 20.8. The number of carbonyl (C=O) groups excluding carboxylic acids is 1. The topological polar surface area (TPSA) is 87.5 Å². The van der Waals surface area contributed by atoms with E-state index in [4.69, 9.17) is 14.2 Å². The van der Waals surface area contributed by atoms with Crippen LogP contribution in [0.3, 0.4) is 0 Å². The maximum absolute atomic E-state index is 12.8. The lowest BCUT2D eigenvalue weighted by molar-refractivity contribution is -0.115. The van der Waals surface area contributed by atoms with Crippen LogP contribution in [0.25, 0.3) is 11.4 Å². The van der Waals surface area contributed by atoms with Crippen LogP contribution in [-0.2, 0) is 11.3 Å². The predicted octanol–water partition coefficient (Wildman–Crippen LogP) is 3.99. The van der Waals surface area contributed by atoms with Gasteiger partial charge in [-0.15, -0.1) is 16.8 Å². The number of allylic oxidation sites excluding steroid dienone is 1. The number of nitrogens with zero attached hydrogens (tertiary/aromatic N) is 3. The predicted molar refractivity (Wildman–Crippen MR) is 119 cm³/mol. The number of benzene rings is 2. The first-order valence-corrected chi connectivity index (χ1v) is 10.5. The van der Waals surface area contributed by atoms with Crippen LogP contribution in [0.1, 0.15) is 6.92 Å². The van der Waals surface area contributed by atoms with E-state index in [2.05, 4.69) is 22.1 Å². The molecule has 1 aliphatic heterocycles. The number of hydrogen-bond acceptors (Lipinski definition) is 7. The lowest BCUT2D eigenvalue weighted by atomic mass is 10.2. The lowest BCUT2D eigenvalue weighted by Gasteiger charge is -2.14. The zero-order chi connectivity index (χ0) is 21.8. The van der Waals surface area contributed by atoms with Crippen LogP contribution >= 0.6 is 11.8 Å². The zero-order valence-electron chi connectivity index (χ0n) is 17.2. The molecule has 0 bridgehead atoms. The number of para-hydroxylation sites is 1. The Morgan fingerprint density at radius 1 is 1.29 bits per heavy atom. The van der Waals surface area contributed by atoms with Crippen molar-refractivity contribution in [2.45, 2.75) is 23.9 Å². The Morgan fingerprint density at radius 2 is 2.10 bits per heavy atom. The summed E-state index contributed by atoms with van der Waals surface area (Å²) >= 11 is 1.32. The molecule has 8 nitrogen and oxygen atoms in total. The first-order valence-electron chi connectivity index (χ1n) is 9.65. The van der Waals surface area contributed by atoms with Gasteiger partial charge in [0.15, 0.2) is 22.5 Å². The molecule has 0 unspecified atom stereocenters. The molecule has 31 heavy (non-hydrogen) atoms. The van der Waals surface area contributed by atoms with E-state index in [1.165, 1.54) is 11.8 Å². The maximum Gasteiger partial charge on any atom is 0.237 e. The molecule has 1 aromatic heterocycles. The fourth-order valence-electron chi connectivity index (χ4n) is 3.13. The second kappa shape index (κ2) is 9.13. The SMILES string of the molecule is C=CCn1c(S[C@H](C)C(=O)Nc2ccc3c(c2)OCO3)nnc1-c1ccccc1OC. The summed E-state index contributed by atoms with van der Waals surface area (Å²) < 4.78 is 18.0. The summed E-state index contributed by atoms with van der Waals surface area (Å²) in [7, 11) is 1.62. The van der Waals surface area contributed by atoms with E-state index in [0.29, 0.717) is 40.5 Å². The van der Waals surface area contributed by atoms with Crippen molar-refractivity contribution < 1.29 is 19.0 Å². The summed E-state index contributed by atoms with van der Waals surface area (Å²) in [6, 6.07) is 12.9. The smallest absolute Gasteiger partial charge is 0.237 e. The number of rotatable bonds is 8. The van der Waals surface area contributed by atoms with Crippen molar-refractivity contribution in [2.24, 2.45) is 0 Å². The summed E-state index contributed by atoms with van der Waals surface area (Å²) in [6.45, 7) is 6.34. The molecule has 3 aromatic rings. The van der Waals surface area contributed by atoms with Crippen molar-refractivity contribution in [3.63, 3.8) is 0 Å². The molecule has 1 aliphatic rings. The Bertz CT molecular complexity index is 1110. The molecule has 0 fully saturated rings. The van der Waals surface area contributed by atoms with Crippen LogP contribution in [0.4, 0.5) is 5.69 Å². The van der Waals surface area contributed by atoms with Crippen LogP contribution in [0.5, 0.6) is 17.2 Å². The largest absolute Gasteiger partial charge is 0.496 e. The molecule has 9 heteroatoms. The molecule has 1 N–H and O–H groups in total. The van der Waals surface area contributed by atoms with Gasteiger partial charge in [0.2, 0.25) is 12.7 Å². The Kier molecular flexibility index (Phi) is 6.13. The van der Waals surface area contributed by atoms with Crippen LogP contribution in [0.15, 0.2) is 60.3 Å². The van der Waals surface area contributed by atoms with E-state index in [0.717, 1.165) is 5.56 Å². The Hall–Kier alpha value is -3.46. The van der Waals surface area contributed by atoms with Crippen molar-refractivity contribution >= 4 is 23.4 Å². The van der Waals surface area contributed by atoms with E-state index >= 15 is 0 Å². The molecule has 160 valence electrons. The molecule has 0 spiro atoms. The quantitative estimate of drug-likeness (QED) is 0.420. The maximum atomic E-state index is 12.8. The third kappa shape index (κ3) is 4.36. The van der Waals surface area contributed by atoms with Crippen LogP contribution in [-0.4, -0.2) is 39.8 Å². The van der Waals surface area contributed by atoms with Gasteiger partial charge in [0.1, 0.15) is 5.75 Å². The summed E-state index contributed by atoms with van der Waals surface area (Å²) in [5.41, 5.74) is 1.47. The second-order valence-corrected chi connectivity index (χ2v) is 8.03. The van der Waals surface area contributed by atoms with Crippen LogP contribution in [0.2, 0.25) is 0 Å². The number of aromatic nitrogens is 3. The van der Waals surface area contributed by atoms with Gasteiger partial charge in [0, 0.05) is 18.3 Å². The highest BCUT2D eigenvalue weighted by atomic mass is 32.2. The van der Waals surface area contributed by atoms with Crippen molar-refractivity contribution in [2.75, 3.05) is 19.2 Å². The van der Waals surface area contributed by atoms with E-state index < -0.39 is 5.25 Å². The van der Waals surface area contributed by atoms with Crippen molar-refractivity contribution in [1.29, 1.82) is 0 Å². The van der Waals surface area contributed by atoms with Gasteiger partial charge in [0.25, 0.3) is 0 Å². The average molecular weight is 439 g/mol. The second-order valence-electron chi connectivity index (χ2n) is 6.72. The molecule has 0 radical (unpaired) electrons. The molecule has 0 aliphatic carbocycles. The molecular formula is C22H22N4O4S. The number of ether oxygens (including phenoxy) is 3. The third-order valence-electron chi connectivity index (χ3n) is 4.67. The highest BCUT2D eigenvalue weighted by Crippen LogP contribution is 2.35. The lowest BCUT2D eigenvalue weighted by Crippen LogP contribution is -2.23. The highest BCUT2D eigenvalue weighted by Gasteiger charge is 2.22. The number of hydrogen-bond donors (Lipinski definition) is 1. The van der Waals surface area contributed by atoms with Gasteiger partial charge in [-0.2, -0.15) is 0 Å². The summed E-state index contributed by atoms with van der Waals surface area (Å²) in [6.07, 6.45) is 1.77. The third-order valence-corrected chi connectivity index (χ3v) is 5.75. The summed E-state index contributed by atoms with van der Waals surface area (Å²) in [5, 5.41) is 11.8. The van der Waals surface area contributed by atoms with Gasteiger partial charge in [-0.1, -0.05) is 30.0 Å². The van der Waals surface area contributed by atoms with Crippen molar-refractivity contribution in [3.8, 4) is 28.6 Å². The molecule has 4 rings (SSSR count). The number of thioether (sulfide) groups is 1. The minimum absolute atomic E-state index is 0.157. The molecular weight excluding hydrogens is 416 g/mol. The number of nitrogens with one attached hydrogen (secondary N) is 1. The monoisotopic (exact) mass is 438 g/mol. The number of fused-ring (bicyclic) bond motifs is 1. The van der Waals surface area contributed by atoms with Gasteiger partial charge in [-0.25, -0.2) is 0 Å². The standard InChI is InChI=1S/C22H22N4O4S/c1-4-11-26-20(16-7-5-6-8-17(16)28-3)24-25-22(26)31-14(2)21(27)23-15-9-10-18-19(12-15)30-13-29-18/h4-10,12,14H,1,11,13H2,2-3H3,(H,23,27)/t14-/m1/s1. The van der Waals surface area contributed by atoms with Crippen molar-refractivity contribution in [3.05, 3.63) is 55.1 Å². The molecule has 0 saturated carbocycles. The van der Waals surface area contributed by atoms with E-state index in [1.54, 1.807) is 31.4 Å². The molecule has 0 saturated heterocycles. The van der Waals surface area contributed by atoms with E-state index in [1.807, 2.05) is 35.8 Å². The Morgan fingerprint density at radius 3 is 2.90 bits per heavy atom. The Balaban J connectivity index is 1.52. The van der Waals surface area contributed by atoms with Gasteiger partial charge in [-0.3, -0.25) is 9.36 Å². The molecule has 1 atom stereocenters. The van der Waals surface area contributed by atoms with Crippen LogP contribution < -0.4 is 19.5 Å². The van der Waals surface area contributed by atoms with Gasteiger partial charge in [-0.05, 0) is 31.2 Å². The summed E-state index contributed by atoms with van der Waals surface area (Å²) in [4.78, 5) is 12.8. The van der Waals surface area contributed by atoms with E-state index in [-0.39, 0.29) is 12.7 Å². The van der Waals surface area contributed by atoms with E-state index in [9.17, 15) is 4.79 Å². The zero-order valence-corrected chi connectivity index (χ0v) is 18.0. The number of anilines is 1. The number of carbonyl (C=O) groups is 1. The van der Waals surface area contributed by atoms with Gasteiger partial charge < -0.3 is 19.5 Å². The minimum Gasteiger partial charge on any atom is -0.496 e.